The van der Waals surface area contributed by atoms with E-state index in [9.17, 15) is 9.18 Å². The van der Waals surface area contributed by atoms with Gasteiger partial charge in [0.25, 0.3) is 5.91 Å². The van der Waals surface area contributed by atoms with Crippen molar-refractivity contribution >= 4 is 33.4 Å². The molecule has 2 aromatic rings. The number of carbonyl (C=O) groups excluding carboxylic acids is 1. The summed E-state index contributed by atoms with van der Waals surface area (Å²) in [5.41, 5.74) is 0.863. The summed E-state index contributed by atoms with van der Waals surface area (Å²) in [7, 11) is 0. The highest BCUT2D eigenvalue weighted by atomic mass is 79.9. The first-order valence-corrected chi connectivity index (χ1v) is 7.32. The molecule has 0 aromatic heterocycles. The Kier molecular flexibility index (Phi) is 5.15. The second-order valence-corrected chi connectivity index (χ2v) is 5.35. The van der Waals surface area contributed by atoms with Crippen LogP contribution in [0.5, 0.6) is 0 Å². The van der Waals surface area contributed by atoms with Gasteiger partial charge in [-0.05, 0) is 33.6 Å². The molecule has 0 radical (unpaired) electrons. The summed E-state index contributed by atoms with van der Waals surface area (Å²) in [5.74, 6) is -0.857. The Hall–Kier alpha value is -1.39. The SMILES string of the molecule is O=C(NC(CCl)c1ccccc1)c1c(F)cccc1Br. The van der Waals surface area contributed by atoms with E-state index in [4.69, 9.17) is 11.6 Å². The van der Waals surface area contributed by atoms with Gasteiger partial charge in [-0.3, -0.25) is 4.79 Å². The number of hydrogen-bond donors (Lipinski definition) is 1. The molecule has 1 amide bonds. The molecule has 0 fully saturated rings. The van der Waals surface area contributed by atoms with Gasteiger partial charge in [-0.2, -0.15) is 0 Å². The molecule has 2 aromatic carbocycles. The Morgan fingerprint density at radius 2 is 1.90 bits per heavy atom. The van der Waals surface area contributed by atoms with Crippen molar-refractivity contribution in [2.45, 2.75) is 6.04 Å². The first kappa shape index (κ1) is 15.0. The van der Waals surface area contributed by atoms with Crippen LogP contribution in [-0.4, -0.2) is 11.8 Å². The fraction of sp³-hybridized carbons (Fsp3) is 0.133. The van der Waals surface area contributed by atoms with Crippen LogP contribution in [0.1, 0.15) is 22.0 Å². The number of hydrogen-bond acceptors (Lipinski definition) is 1. The molecule has 5 heteroatoms. The van der Waals surface area contributed by atoms with Gasteiger partial charge in [-0.15, -0.1) is 11.6 Å². The van der Waals surface area contributed by atoms with Crippen molar-refractivity contribution in [1.82, 2.24) is 5.32 Å². The van der Waals surface area contributed by atoms with E-state index in [1.54, 1.807) is 6.07 Å². The lowest BCUT2D eigenvalue weighted by atomic mass is 10.1. The normalized spacial score (nSPS) is 11.9. The van der Waals surface area contributed by atoms with E-state index >= 15 is 0 Å². The number of halogens is 3. The highest BCUT2D eigenvalue weighted by molar-refractivity contribution is 9.10. The zero-order valence-corrected chi connectivity index (χ0v) is 12.8. The largest absolute Gasteiger partial charge is 0.344 e. The van der Waals surface area contributed by atoms with E-state index in [-0.39, 0.29) is 17.5 Å². The lowest BCUT2D eigenvalue weighted by molar-refractivity contribution is 0.0935. The average Bonchev–Trinajstić information content (AvgIpc) is 2.45. The third kappa shape index (κ3) is 3.38. The van der Waals surface area contributed by atoms with Crippen LogP contribution in [0.2, 0.25) is 0 Å². The third-order valence-corrected chi connectivity index (χ3v) is 3.82. The Bertz CT molecular complexity index is 586. The summed E-state index contributed by atoms with van der Waals surface area (Å²) in [5, 5.41) is 2.74. The molecule has 0 saturated carbocycles. The predicted molar refractivity (Wildman–Crippen MR) is 81.5 cm³/mol. The number of benzene rings is 2. The molecule has 2 rings (SSSR count). The van der Waals surface area contributed by atoms with Gasteiger partial charge in [0.1, 0.15) is 5.82 Å². The number of nitrogens with one attached hydrogen (secondary N) is 1. The fourth-order valence-corrected chi connectivity index (χ4v) is 2.62. The van der Waals surface area contributed by atoms with Crippen LogP contribution >= 0.6 is 27.5 Å². The van der Waals surface area contributed by atoms with E-state index in [1.807, 2.05) is 30.3 Å². The van der Waals surface area contributed by atoms with Gasteiger partial charge >= 0.3 is 0 Å². The van der Waals surface area contributed by atoms with Crippen LogP contribution in [0, 0.1) is 5.82 Å². The molecule has 1 N–H and O–H groups in total. The van der Waals surface area contributed by atoms with Gasteiger partial charge in [0.2, 0.25) is 0 Å². The maximum atomic E-state index is 13.7. The number of amides is 1. The Morgan fingerprint density at radius 1 is 1.20 bits per heavy atom. The minimum atomic E-state index is -0.571. The first-order valence-electron chi connectivity index (χ1n) is 5.99. The predicted octanol–water partition coefficient (Wildman–Crippen LogP) is 4.30. The molecule has 0 aliphatic rings. The van der Waals surface area contributed by atoms with Crippen molar-refractivity contribution in [3.63, 3.8) is 0 Å². The second kappa shape index (κ2) is 6.86. The third-order valence-electron chi connectivity index (χ3n) is 2.85. The van der Waals surface area contributed by atoms with Gasteiger partial charge in [0, 0.05) is 10.4 Å². The van der Waals surface area contributed by atoms with Crippen molar-refractivity contribution in [1.29, 1.82) is 0 Å². The number of carbonyl (C=O) groups is 1. The quantitative estimate of drug-likeness (QED) is 0.813. The molecular formula is C15H12BrClFNO. The summed E-state index contributed by atoms with van der Waals surface area (Å²) >= 11 is 9.07. The van der Waals surface area contributed by atoms with Gasteiger partial charge < -0.3 is 5.32 Å². The first-order chi connectivity index (χ1) is 9.63. The van der Waals surface area contributed by atoms with E-state index in [0.717, 1.165) is 5.56 Å². The highest BCUT2D eigenvalue weighted by Crippen LogP contribution is 2.21. The average molecular weight is 357 g/mol. The Balaban J connectivity index is 2.22. The summed E-state index contributed by atoms with van der Waals surface area (Å²) in [6.45, 7) is 0. The van der Waals surface area contributed by atoms with Crippen LogP contribution in [-0.2, 0) is 0 Å². The van der Waals surface area contributed by atoms with Gasteiger partial charge in [0.15, 0.2) is 0 Å². The molecule has 0 bridgehead atoms. The summed E-state index contributed by atoms with van der Waals surface area (Å²) in [4.78, 5) is 12.2. The molecule has 0 aliphatic heterocycles. The van der Waals surface area contributed by atoms with Crippen molar-refractivity contribution < 1.29 is 9.18 Å². The monoisotopic (exact) mass is 355 g/mol. The zero-order chi connectivity index (χ0) is 14.5. The number of rotatable bonds is 4. The molecular weight excluding hydrogens is 345 g/mol. The van der Waals surface area contributed by atoms with Crippen LogP contribution in [0.15, 0.2) is 53.0 Å². The molecule has 0 spiro atoms. The van der Waals surface area contributed by atoms with Crippen molar-refractivity contribution in [3.05, 3.63) is 69.9 Å². The second-order valence-electron chi connectivity index (χ2n) is 4.19. The summed E-state index contributed by atoms with van der Waals surface area (Å²) < 4.78 is 14.1. The fourth-order valence-electron chi connectivity index (χ4n) is 1.84. The highest BCUT2D eigenvalue weighted by Gasteiger charge is 2.19. The lowest BCUT2D eigenvalue weighted by Gasteiger charge is -2.17. The molecule has 2 nitrogen and oxygen atoms in total. The maximum absolute atomic E-state index is 13.7. The van der Waals surface area contributed by atoms with E-state index < -0.39 is 11.7 Å². The lowest BCUT2D eigenvalue weighted by Crippen LogP contribution is -2.30. The van der Waals surface area contributed by atoms with Crippen molar-refractivity contribution in [2.75, 3.05) is 5.88 Å². The molecule has 0 aliphatic carbocycles. The van der Waals surface area contributed by atoms with E-state index in [2.05, 4.69) is 21.2 Å². The molecule has 104 valence electrons. The topological polar surface area (TPSA) is 29.1 Å². The molecule has 1 unspecified atom stereocenters. The van der Waals surface area contributed by atoms with E-state index in [0.29, 0.717) is 4.47 Å². The summed E-state index contributed by atoms with van der Waals surface area (Å²) in [6.07, 6.45) is 0. The molecule has 1 atom stereocenters. The minimum absolute atomic E-state index is 0.0152. The molecule has 20 heavy (non-hydrogen) atoms. The van der Waals surface area contributed by atoms with Crippen LogP contribution in [0.3, 0.4) is 0 Å². The molecule has 0 saturated heterocycles. The van der Waals surface area contributed by atoms with Crippen LogP contribution in [0.25, 0.3) is 0 Å². The van der Waals surface area contributed by atoms with E-state index in [1.165, 1.54) is 12.1 Å². The smallest absolute Gasteiger partial charge is 0.255 e. The number of alkyl halides is 1. The van der Waals surface area contributed by atoms with Crippen LogP contribution in [0.4, 0.5) is 4.39 Å². The van der Waals surface area contributed by atoms with Crippen molar-refractivity contribution in [3.8, 4) is 0 Å². The molecule has 0 heterocycles. The Labute approximate surface area is 130 Å². The minimum Gasteiger partial charge on any atom is -0.344 e. The van der Waals surface area contributed by atoms with Gasteiger partial charge in [0.05, 0.1) is 11.6 Å². The summed E-state index contributed by atoms with van der Waals surface area (Å²) in [6, 6.07) is 13.4. The van der Waals surface area contributed by atoms with Crippen molar-refractivity contribution in [2.24, 2.45) is 0 Å². The van der Waals surface area contributed by atoms with Gasteiger partial charge in [-0.1, -0.05) is 36.4 Å². The zero-order valence-electron chi connectivity index (χ0n) is 10.4. The Morgan fingerprint density at radius 3 is 2.50 bits per heavy atom. The van der Waals surface area contributed by atoms with Gasteiger partial charge in [-0.25, -0.2) is 4.39 Å². The van der Waals surface area contributed by atoms with Crippen LogP contribution < -0.4 is 5.32 Å². The maximum Gasteiger partial charge on any atom is 0.255 e. The standard InChI is InChI=1S/C15H12BrClFNO/c16-11-7-4-8-12(18)14(11)15(20)19-13(9-17)10-5-2-1-3-6-10/h1-8,13H,9H2,(H,19,20).